The van der Waals surface area contributed by atoms with E-state index in [1.165, 1.54) is 0 Å². The Morgan fingerprint density at radius 1 is 1.27 bits per heavy atom. The molecule has 0 fully saturated rings. The quantitative estimate of drug-likeness (QED) is 0.284. The Morgan fingerprint density at radius 3 is 2.42 bits per heavy atom. The normalized spacial score (nSPS) is 14.0. The summed E-state index contributed by atoms with van der Waals surface area (Å²) in [5.74, 6) is -3.51. The van der Waals surface area contributed by atoms with Gasteiger partial charge in [-0.05, 0) is 18.9 Å². The number of carboxylic acids is 1. The van der Waals surface area contributed by atoms with E-state index in [4.69, 9.17) is 15.6 Å². The lowest BCUT2D eigenvalue weighted by molar-refractivity contribution is -0.156. The van der Waals surface area contributed by atoms with Crippen molar-refractivity contribution >= 4 is 39.6 Å². The average Bonchev–Trinajstić information content (AvgIpc) is 2.62. The standard InChI is InChI=1S/C17H21BrN2O6/c1-17(19,16(25)26-10-11-5-3-2-4-6-11)15(24)20-13(14(22)23)8-7-12(21)9-18/h2-6,13H,7-10,19H2,1H3,(H,20,24)(H,22,23)/t13-,17-/m0/s1. The minimum Gasteiger partial charge on any atom is -0.480 e. The van der Waals surface area contributed by atoms with Gasteiger partial charge in [0.1, 0.15) is 18.4 Å². The Kier molecular flexibility index (Phi) is 8.40. The molecule has 8 nitrogen and oxygen atoms in total. The minimum atomic E-state index is -2.07. The molecule has 0 radical (unpaired) electrons. The maximum atomic E-state index is 12.3. The van der Waals surface area contributed by atoms with Gasteiger partial charge >= 0.3 is 11.9 Å². The third-order valence-corrected chi connectivity index (χ3v) is 4.20. The Morgan fingerprint density at radius 2 is 1.88 bits per heavy atom. The van der Waals surface area contributed by atoms with E-state index in [0.717, 1.165) is 6.92 Å². The molecule has 4 N–H and O–H groups in total. The van der Waals surface area contributed by atoms with E-state index < -0.39 is 29.4 Å². The molecule has 0 heterocycles. The molecule has 0 bridgehead atoms. The molecule has 1 amide bonds. The number of carboxylic acid groups (broad SMARTS) is 1. The molecule has 0 aliphatic rings. The fourth-order valence-electron chi connectivity index (χ4n) is 1.90. The predicted molar refractivity (Wildman–Crippen MR) is 96.4 cm³/mol. The molecule has 0 unspecified atom stereocenters. The number of alkyl halides is 1. The monoisotopic (exact) mass is 428 g/mol. The number of hydrogen-bond donors (Lipinski definition) is 3. The molecule has 1 aromatic carbocycles. The lowest BCUT2D eigenvalue weighted by atomic mass is 10.0. The van der Waals surface area contributed by atoms with E-state index in [1.54, 1.807) is 30.3 Å². The highest BCUT2D eigenvalue weighted by Gasteiger charge is 2.40. The van der Waals surface area contributed by atoms with Crippen LogP contribution in [0.25, 0.3) is 0 Å². The van der Waals surface area contributed by atoms with Crippen LogP contribution in [0.3, 0.4) is 0 Å². The molecule has 0 saturated heterocycles. The highest BCUT2D eigenvalue weighted by molar-refractivity contribution is 9.09. The largest absolute Gasteiger partial charge is 0.480 e. The van der Waals surface area contributed by atoms with Crippen LogP contribution in [0, 0.1) is 0 Å². The van der Waals surface area contributed by atoms with Crippen LogP contribution < -0.4 is 11.1 Å². The number of carbonyl (C=O) groups excluding carboxylic acids is 3. The molecule has 0 aliphatic heterocycles. The summed E-state index contributed by atoms with van der Waals surface area (Å²) in [7, 11) is 0. The van der Waals surface area contributed by atoms with Gasteiger partial charge in [-0.25, -0.2) is 9.59 Å². The number of ether oxygens (including phenoxy) is 1. The third kappa shape index (κ3) is 6.57. The third-order valence-electron chi connectivity index (χ3n) is 3.57. The van der Waals surface area contributed by atoms with E-state index in [-0.39, 0.29) is 30.6 Å². The van der Waals surface area contributed by atoms with Gasteiger partial charge in [-0.3, -0.25) is 9.59 Å². The fraction of sp³-hybridized carbons (Fsp3) is 0.412. The van der Waals surface area contributed by atoms with Gasteiger partial charge in [0.2, 0.25) is 0 Å². The number of esters is 1. The van der Waals surface area contributed by atoms with Gasteiger partial charge in [-0.15, -0.1) is 0 Å². The number of nitrogens with one attached hydrogen (secondary N) is 1. The molecule has 9 heteroatoms. The molecule has 0 aromatic heterocycles. The highest BCUT2D eigenvalue weighted by atomic mass is 79.9. The molecule has 0 spiro atoms. The molecule has 0 saturated carbocycles. The lowest BCUT2D eigenvalue weighted by Crippen LogP contribution is -2.60. The summed E-state index contributed by atoms with van der Waals surface area (Å²) < 4.78 is 5.04. The number of ketones is 1. The first-order valence-corrected chi connectivity index (χ1v) is 8.92. The number of nitrogens with two attached hydrogens (primary N) is 1. The van der Waals surface area contributed by atoms with Crippen molar-refractivity contribution in [3.63, 3.8) is 0 Å². The van der Waals surface area contributed by atoms with Gasteiger partial charge in [-0.1, -0.05) is 46.3 Å². The van der Waals surface area contributed by atoms with Crippen molar-refractivity contribution in [1.82, 2.24) is 5.32 Å². The molecule has 1 aromatic rings. The minimum absolute atomic E-state index is 0.0394. The molecule has 142 valence electrons. The molecule has 1 rings (SSSR count). The SMILES string of the molecule is C[C@](N)(C(=O)N[C@@H](CCC(=O)CBr)C(=O)O)C(=O)OCc1ccccc1. The van der Waals surface area contributed by atoms with Crippen LogP contribution in [0.4, 0.5) is 0 Å². The summed E-state index contributed by atoms with van der Waals surface area (Å²) in [6, 6.07) is 7.48. The van der Waals surface area contributed by atoms with Crippen LogP contribution in [0.5, 0.6) is 0 Å². The second kappa shape index (κ2) is 10.0. The number of carbonyl (C=O) groups is 4. The van der Waals surface area contributed by atoms with Gasteiger partial charge in [0.15, 0.2) is 5.54 Å². The summed E-state index contributed by atoms with van der Waals surface area (Å²) >= 11 is 2.97. The zero-order valence-corrected chi connectivity index (χ0v) is 15.8. The van der Waals surface area contributed by atoms with Crippen molar-refractivity contribution in [2.24, 2.45) is 5.73 Å². The second-order valence-electron chi connectivity index (χ2n) is 5.84. The van der Waals surface area contributed by atoms with Gasteiger partial charge in [-0.2, -0.15) is 0 Å². The van der Waals surface area contributed by atoms with Crippen LogP contribution in [0.1, 0.15) is 25.3 Å². The number of aliphatic carboxylic acids is 1. The smallest absolute Gasteiger partial charge is 0.336 e. The number of amides is 1. The Balaban J connectivity index is 2.66. The van der Waals surface area contributed by atoms with Gasteiger partial charge in [0.05, 0.1) is 5.33 Å². The first-order valence-electron chi connectivity index (χ1n) is 7.80. The van der Waals surface area contributed by atoms with E-state index in [1.807, 2.05) is 0 Å². The van der Waals surface area contributed by atoms with E-state index in [0.29, 0.717) is 5.56 Å². The van der Waals surface area contributed by atoms with Crippen molar-refractivity contribution in [2.75, 3.05) is 5.33 Å². The van der Waals surface area contributed by atoms with Crippen LogP contribution >= 0.6 is 15.9 Å². The van der Waals surface area contributed by atoms with Gasteiger partial charge in [0.25, 0.3) is 5.91 Å². The van der Waals surface area contributed by atoms with Crippen molar-refractivity contribution in [3.8, 4) is 0 Å². The topological polar surface area (TPSA) is 136 Å². The summed E-state index contributed by atoms with van der Waals surface area (Å²) in [6.07, 6.45) is -0.150. The van der Waals surface area contributed by atoms with Gasteiger partial charge in [0, 0.05) is 6.42 Å². The summed E-state index contributed by atoms with van der Waals surface area (Å²) in [6.45, 7) is 1.07. The van der Waals surface area contributed by atoms with Crippen LogP contribution in [-0.2, 0) is 30.5 Å². The van der Waals surface area contributed by atoms with E-state index >= 15 is 0 Å². The van der Waals surface area contributed by atoms with Crippen molar-refractivity contribution < 1.29 is 29.0 Å². The zero-order chi connectivity index (χ0) is 19.7. The number of rotatable bonds is 10. The average molecular weight is 429 g/mol. The molecule has 0 aliphatic carbocycles. The van der Waals surface area contributed by atoms with Crippen LogP contribution in [0.2, 0.25) is 0 Å². The van der Waals surface area contributed by atoms with Gasteiger partial charge < -0.3 is 20.9 Å². The molecule has 26 heavy (non-hydrogen) atoms. The first kappa shape index (κ1) is 21.8. The highest BCUT2D eigenvalue weighted by Crippen LogP contribution is 2.09. The number of halogens is 1. The lowest BCUT2D eigenvalue weighted by Gasteiger charge is -2.24. The number of Topliss-reactive ketones (excluding diaryl/α,β-unsaturated/α-hetero) is 1. The number of hydrogen-bond acceptors (Lipinski definition) is 6. The maximum absolute atomic E-state index is 12.3. The molecular formula is C17H21BrN2O6. The van der Waals surface area contributed by atoms with Crippen molar-refractivity contribution in [2.45, 2.75) is 38.0 Å². The zero-order valence-electron chi connectivity index (χ0n) is 14.2. The summed E-state index contributed by atoms with van der Waals surface area (Å²) in [5, 5.41) is 11.4. The van der Waals surface area contributed by atoms with Crippen LogP contribution in [0.15, 0.2) is 30.3 Å². The van der Waals surface area contributed by atoms with Crippen molar-refractivity contribution in [1.29, 1.82) is 0 Å². The van der Waals surface area contributed by atoms with Crippen molar-refractivity contribution in [3.05, 3.63) is 35.9 Å². The van der Waals surface area contributed by atoms with E-state index in [2.05, 4.69) is 21.2 Å². The fourth-order valence-corrected chi connectivity index (χ4v) is 2.18. The second-order valence-corrected chi connectivity index (χ2v) is 6.40. The first-order chi connectivity index (χ1) is 12.2. The predicted octanol–water partition coefficient (Wildman–Crippen LogP) is 0.761. The molecule has 2 atom stereocenters. The summed E-state index contributed by atoms with van der Waals surface area (Å²) in [5.41, 5.74) is 4.39. The summed E-state index contributed by atoms with van der Waals surface area (Å²) in [4.78, 5) is 46.9. The van der Waals surface area contributed by atoms with Crippen LogP contribution in [-0.4, -0.2) is 45.6 Å². The molecular weight excluding hydrogens is 408 g/mol. The maximum Gasteiger partial charge on any atom is 0.336 e. The Bertz CT molecular complexity index is 662. The number of benzene rings is 1. The van der Waals surface area contributed by atoms with E-state index in [9.17, 15) is 19.2 Å². The Labute approximate surface area is 159 Å². The Hall–Kier alpha value is -2.26.